The van der Waals surface area contributed by atoms with Crippen molar-refractivity contribution in [2.24, 2.45) is 11.5 Å². The van der Waals surface area contributed by atoms with Gasteiger partial charge in [-0.25, -0.2) is 0 Å². The number of phenols is 1. The minimum Gasteiger partial charge on any atom is -0.507 e. The monoisotopic (exact) mass is 312 g/mol. The summed E-state index contributed by atoms with van der Waals surface area (Å²) in [5, 5.41) is 14.0. The van der Waals surface area contributed by atoms with Crippen molar-refractivity contribution in [2.75, 3.05) is 26.3 Å². The van der Waals surface area contributed by atoms with Gasteiger partial charge in [-0.15, -0.1) is 0 Å². The first-order valence-electron chi connectivity index (χ1n) is 7.58. The van der Waals surface area contributed by atoms with Gasteiger partial charge in [0.25, 0.3) is 0 Å². The van der Waals surface area contributed by atoms with Gasteiger partial charge in [0.15, 0.2) is 0 Å². The Morgan fingerprint density at radius 3 is 2.00 bits per heavy atom. The average molecular weight is 312 g/mol. The first-order chi connectivity index (χ1) is 11.2. The lowest BCUT2D eigenvalue weighted by Crippen LogP contribution is -2.10. The molecule has 0 aliphatic carbocycles. The van der Waals surface area contributed by atoms with E-state index < -0.39 is 0 Å². The third-order valence-electron chi connectivity index (χ3n) is 3.65. The van der Waals surface area contributed by atoms with Crippen LogP contribution in [0.2, 0.25) is 0 Å². The summed E-state index contributed by atoms with van der Waals surface area (Å²) in [6, 6.07) is 13.2. The summed E-state index contributed by atoms with van der Waals surface area (Å²) in [6.45, 7) is 1.83. The van der Waals surface area contributed by atoms with Crippen molar-refractivity contribution in [1.82, 2.24) is 0 Å². The molecule has 0 radical (unpaired) electrons. The second-order valence-corrected chi connectivity index (χ2v) is 5.26. The summed E-state index contributed by atoms with van der Waals surface area (Å²) >= 11 is 0. The molecule has 3 aromatic rings. The summed E-state index contributed by atoms with van der Waals surface area (Å²) < 4.78 is 11.1. The predicted molar refractivity (Wildman–Crippen MR) is 92.2 cm³/mol. The van der Waals surface area contributed by atoms with Crippen molar-refractivity contribution in [3.8, 4) is 17.2 Å². The largest absolute Gasteiger partial charge is 0.507 e. The topological polar surface area (TPSA) is 90.7 Å². The van der Waals surface area contributed by atoms with Gasteiger partial charge in [0.1, 0.15) is 30.5 Å². The molecule has 0 fully saturated rings. The highest BCUT2D eigenvalue weighted by atomic mass is 16.5. The van der Waals surface area contributed by atoms with Gasteiger partial charge >= 0.3 is 0 Å². The van der Waals surface area contributed by atoms with E-state index in [0.717, 1.165) is 27.3 Å². The number of hydrogen-bond donors (Lipinski definition) is 3. The van der Waals surface area contributed by atoms with Crippen molar-refractivity contribution < 1.29 is 14.6 Å². The zero-order valence-corrected chi connectivity index (χ0v) is 12.8. The number of hydrogen-bond acceptors (Lipinski definition) is 5. The van der Waals surface area contributed by atoms with Gasteiger partial charge in [0.05, 0.1) is 0 Å². The van der Waals surface area contributed by atoms with Crippen molar-refractivity contribution >= 4 is 21.5 Å². The molecule has 3 rings (SSSR count). The van der Waals surface area contributed by atoms with Gasteiger partial charge in [-0.3, -0.25) is 0 Å². The van der Waals surface area contributed by atoms with Crippen LogP contribution in [0.15, 0.2) is 42.5 Å². The van der Waals surface area contributed by atoms with Crippen LogP contribution >= 0.6 is 0 Å². The van der Waals surface area contributed by atoms with Crippen molar-refractivity contribution in [1.29, 1.82) is 0 Å². The molecule has 3 aromatic carbocycles. The maximum Gasteiger partial charge on any atom is 0.124 e. The van der Waals surface area contributed by atoms with Crippen molar-refractivity contribution in [3.05, 3.63) is 42.5 Å². The summed E-state index contributed by atoms with van der Waals surface area (Å²) in [5.41, 5.74) is 10.9. The van der Waals surface area contributed by atoms with Crippen LogP contribution in [0.1, 0.15) is 0 Å². The molecule has 0 spiro atoms. The van der Waals surface area contributed by atoms with Crippen molar-refractivity contribution in [2.45, 2.75) is 0 Å². The zero-order chi connectivity index (χ0) is 16.2. The summed E-state index contributed by atoms with van der Waals surface area (Å²) in [4.78, 5) is 0. The van der Waals surface area contributed by atoms with Crippen LogP contribution in [0.25, 0.3) is 21.5 Å². The van der Waals surface area contributed by atoms with E-state index in [2.05, 4.69) is 0 Å². The highest BCUT2D eigenvalue weighted by molar-refractivity contribution is 6.10. The minimum atomic E-state index is 0.210. The van der Waals surface area contributed by atoms with E-state index in [4.69, 9.17) is 20.9 Å². The molecule has 5 N–H and O–H groups in total. The van der Waals surface area contributed by atoms with Crippen LogP contribution in [0.4, 0.5) is 0 Å². The third kappa shape index (κ3) is 3.16. The Balaban J connectivity index is 2.07. The van der Waals surface area contributed by atoms with E-state index in [1.165, 1.54) is 0 Å². The summed E-state index contributed by atoms with van der Waals surface area (Å²) in [7, 11) is 0. The van der Waals surface area contributed by atoms with E-state index in [0.29, 0.717) is 32.1 Å². The lowest BCUT2D eigenvalue weighted by molar-refractivity contribution is 0.328. The van der Waals surface area contributed by atoms with Crippen LogP contribution in [-0.2, 0) is 0 Å². The first kappa shape index (κ1) is 15.4. The van der Waals surface area contributed by atoms with E-state index in [1.807, 2.05) is 36.4 Å². The number of benzene rings is 3. The second kappa shape index (κ2) is 6.73. The fourth-order valence-electron chi connectivity index (χ4n) is 2.63. The second-order valence-electron chi connectivity index (χ2n) is 5.26. The van der Waals surface area contributed by atoms with Crippen LogP contribution in [0.5, 0.6) is 17.2 Å². The van der Waals surface area contributed by atoms with Gasteiger partial charge in [0, 0.05) is 18.5 Å². The molecule has 0 saturated carbocycles. The molecule has 23 heavy (non-hydrogen) atoms. The molecule has 5 nitrogen and oxygen atoms in total. The number of rotatable bonds is 6. The lowest BCUT2D eigenvalue weighted by atomic mass is 10.0. The number of aromatic hydroxyl groups is 1. The fourth-order valence-corrected chi connectivity index (χ4v) is 2.63. The van der Waals surface area contributed by atoms with E-state index >= 15 is 0 Å². The molecule has 0 bridgehead atoms. The number of nitrogens with two attached hydrogens (primary N) is 2. The van der Waals surface area contributed by atoms with Gasteiger partial charge in [-0.2, -0.15) is 0 Å². The van der Waals surface area contributed by atoms with Crippen LogP contribution in [0.3, 0.4) is 0 Å². The van der Waals surface area contributed by atoms with E-state index in [-0.39, 0.29) is 5.75 Å². The van der Waals surface area contributed by atoms with Crippen LogP contribution < -0.4 is 20.9 Å². The fraction of sp³-hybridized carbons (Fsp3) is 0.222. The highest BCUT2D eigenvalue weighted by Gasteiger charge is 2.08. The van der Waals surface area contributed by atoms with Gasteiger partial charge in [-0.05, 0) is 52.6 Å². The molecule has 120 valence electrons. The average Bonchev–Trinajstić information content (AvgIpc) is 2.58. The van der Waals surface area contributed by atoms with Gasteiger partial charge in [0.2, 0.25) is 0 Å². The lowest BCUT2D eigenvalue weighted by Gasteiger charge is -2.11. The summed E-state index contributed by atoms with van der Waals surface area (Å²) in [5.74, 6) is 1.65. The number of phenolic OH excluding ortho intramolecular Hbond substituents is 1. The molecule has 0 unspecified atom stereocenters. The summed E-state index contributed by atoms with van der Waals surface area (Å²) in [6.07, 6.45) is 0. The Hall–Kier alpha value is -2.50. The zero-order valence-electron chi connectivity index (χ0n) is 12.8. The molecule has 0 saturated heterocycles. The standard InChI is InChI=1S/C18H20N2O3/c19-5-7-22-13-1-3-15-12(9-13)10-18(21)17-11-14(23-8-6-20)2-4-16(15)17/h1-4,9-11,21H,5-8,19-20H2. The molecule has 0 aliphatic rings. The number of ether oxygens (including phenoxy) is 2. The van der Waals surface area contributed by atoms with E-state index in [9.17, 15) is 5.11 Å². The maximum atomic E-state index is 10.3. The Morgan fingerprint density at radius 2 is 1.35 bits per heavy atom. The predicted octanol–water partition coefficient (Wildman–Crippen LogP) is 2.37. The van der Waals surface area contributed by atoms with Crippen LogP contribution in [-0.4, -0.2) is 31.4 Å². The molecule has 5 heteroatoms. The highest BCUT2D eigenvalue weighted by Crippen LogP contribution is 2.36. The molecule has 0 amide bonds. The third-order valence-corrected chi connectivity index (χ3v) is 3.65. The maximum absolute atomic E-state index is 10.3. The van der Waals surface area contributed by atoms with Gasteiger partial charge < -0.3 is 26.0 Å². The smallest absolute Gasteiger partial charge is 0.124 e. The molecular weight excluding hydrogens is 292 g/mol. The van der Waals surface area contributed by atoms with Gasteiger partial charge in [-0.1, -0.05) is 6.07 Å². The Morgan fingerprint density at radius 1 is 0.739 bits per heavy atom. The molecule has 0 aromatic heterocycles. The Labute approximate surface area is 134 Å². The Kier molecular flexibility index (Phi) is 4.50. The first-order valence-corrected chi connectivity index (χ1v) is 7.58. The van der Waals surface area contributed by atoms with Crippen LogP contribution in [0, 0.1) is 0 Å². The number of fused-ring (bicyclic) bond motifs is 3. The Bertz CT molecular complexity index is 833. The van der Waals surface area contributed by atoms with Crippen molar-refractivity contribution in [3.63, 3.8) is 0 Å². The quantitative estimate of drug-likeness (QED) is 0.608. The molecule has 0 atom stereocenters. The normalized spacial score (nSPS) is 11.0. The minimum absolute atomic E-state index is 0.210. The molecule has 0 heterocycles. The van der Waals surface area contributed by atoms with E-state index in [1.54, 1.807) is 6.07 Å². The molecule has 0 aliphatic heterocycles. The molecular formula is C18H20N2O3. The SMILES string of the molecule is NCCOc1ccc2c(c1)cc(O)c1cc(OCCN)ccc12.